The molecule has 4 N–H and O–H groups in total. The van der Waals surface area contributed by atoms with Gasteiger partial charge >= 0.3 is 0 Å². The molecule has 4 aromatic rings. The van der Waals surface area contributed by atoms with Gasteiger partial charge in [-0.25, -0.2) is 9.37 Å². The minimum atomic E-state index is -1.68. The molecule has 1 aliphatic heterocycles. The second-order valence-electron chi connectivity index (χ2n) is 9.13. The summed E-state index contributed by atoms with van der Waals surface area (Å²) in [6.07, 6.45) is 9.12. The van der Waals surface area contributed by atoms with Crippen molar-refractivity contribution in [2.45, 2.75) is 24.9 Å². The van der Waals surface area contributed by atoms with Gasteiger partial charge in [0.15, 0.2) is 5.82 Å². The summed E-state index contributed by atoms with van der Waals surface area (Å²) in [7, 11) is 0. The molecule has 0 spiro atoms. The fourth-order valence-corrected chi connectivity index (χ4v) is 4.54. The molecular weight excluding hydrogens is 538 g/mol. The Morgan fingerprint density at radius 2 is 1.93 bits per heavy atom. The lowest BCUT2D eigenvalue weighted by molar-refractivity contribution is 0.260. The first-order valence-electron chi connectivity index (χ1n) is 12.6. The number of fused-ring (bicyclic) bond motifs is 1. The van der Waals surface area contributed by atoms with E-state index in [1.165, 1.54) is 18.6 Å². The van der Waals surface area contributed by atoms with Crippen LogP contribution < -0.4 is 21.6 Å². The predicted octanol–water partition coefficient (Wildman–Crippen LogP) is 4.93. The summed E-state index contributed by atoms with van der Waals surface area (Å²) < 4.78 is 36.9. The summed E-state index contributed by atoms with van der Waals surface area (Å²) in [6.45, 7) is 0. The molecule has 40 heavy (non-hydrogen) atoms. The second kappa shape index (κ2) is 10.3. The molecule has 0 amide bonds. The van der Waals surface area contributed by atoms with Gasteiger partial charge in [0.25, 0.3) is 0 Å². The normalized spacial score (nSPS) is 16.3. The Labute approximate surface area is 233 Å². The molecule has 10 nitrogen and oxygen atoms in total. The maximum atomic E-state index is 13.9. The number of hydrogen-bond donors (Lipinski definition) is 4. The molecule has 2 aliphatic rings. The molecule has 0 saturated heterocycles. The Hall–Kier alpha value is -5.04. The lowest BCUT2D eigenvalue weighted by Gasteiger charge is -2.22. The van der Waals surface area contributed by atoms with Gasteiger partial charge < -0.3 is 16.1 Å². The molecule has 0 radical (unpaired) electrons. The number of hydrogen-bond acceptors (Lipinski definition) is 10. The van der Waals surface area contributed by atoms with Crippen molar-refractivity contribution in [1.29, 1.82) is 10.5 Å². The number of pyridine rings is 3. The van der Waals surface area contributed by atoms with Crippen molar-refractivity contribution < 1.29 is 10.2 Å². The van der Waals surface area contributed by atoms with E-state index >= 15 is 0 Å². The van der Waals surface area contributed by atoms with Crippen LogP contribution in [-0.2, 0) is 0 Å². The van der Waals surface area contributed by atoms with Crippen LogP contribution >= 0.6 is 11.6 Å². The number of halogens is 3. The Bertz CT molecular complexity index is 1820. The molecule has 1 atom stereocenters. The van der Waals surface area contributed by atoms with Gasteiger partial charge in [-0.15, -0.1) is 5.53 Å². The van der Waals surface area contributed by atoms with Crippen molar-refractivity contribution in [3.05, 3.63) is 94.4 Å². The van der Waals surface area contributed by atoms with E-state index in [9.17, 15) is 20.7 Å². The molecule has 0 unspecified atom stereocenters. The predicted molar refractivity (Wildman–Crippen MR) is 143 cm³/mol. The first-order valence-corrected chi connectivity index (χ1v) is 12.4. The van der Waals surface area contributed by atoms with Gasteiger partial charge in [-0.2, -0.15) is 14.9 Å². The van der Waals surface area contributed by atoms with Crippen molar-refractivity contribution in [1.82, 2.24) is 30.9 Å². The smallest absolute Gasteiger partial charge is 0.249 e. The third-order valence-electron chi connectivity index (χ3n) is 6.33. The van der Waals surface area contributed by atoms with Crippen LogP contribution in [0.5, 0.6) is 0 Å². The third kappa shape index (κ3) is 4.89. The van der Waals surface area contributed by atoms with Gasteiger partial charge in [-0.05, 0) is 36.6 Å². The Kier molecular flexibility index (Phi) is 6.17. The van der Waals surface area contributed by atoms with Crippen molar-refractivity contribution in [2.24, 2.45) is 0 Å². The summed E-state index contributed by atoms with van der Waals surface area (Å²) >= 11 is 6.63. The minimum absolute atomic E-state index is 0.100. The molecule has 0 bridgehead atoms. The summed E-state index contributed by atoms with van der Waals surface area (Å²) in [4.78, 5) is 11.9. The van der Waals surface area contributed by atoms with Crippen LogP contribution in [0.3, 0.4) is 0 Å². The minimum Gasteiger partial charge on any atom is -0.373 e. The number of benzene rings is 1. The third-order valence-corrected chi connectivity index (χ3v) is 6.62. The van der Waals surface area contributed by atoms with Gasteiger partial charge in [0.1, 0.15) is 12.1 Å². The largest absolute Gasteiger partial charge is 0.373 e. The number of nitrogens with one attached hydrogen (secondary N) is 4. The van der Waals surface area contributed by atoms with Gasteiger partial charge in [-0.3, -0.25) is 15.0 Å². The van der Waals surface area contributed by atoms with Gasteiger partial charge in [0.2, 0.25) is 5.95 Å². The number of aromatic nitrogens is 3. The summed E-state index contributed by atoms with van der Waals surface area (Å²) in [6, 6.07) is 8.42. The Morgan fingerprint density at radius 1 is 1.07 bits per heavy atom. The molecule has 4 heterocycles. The number of nitrogens with zero attached hydrogens (tertiary/aromatic N) is 6. The molecular formula is C27H19ClF2N10. The van der Waals surface area contributed by atoms with Gasteiger partial charge in [-0.1, -0.05) is 11.6 Å². The fourth-order valence-electron chi connectivity index (χ4n) is 4.27. The topological polar surface area (TPSA) is 138 Å². The van der Waals surface area contributed by atoms with Crippen molar-refractivity contribution in [3.63, 3.8) is 0 Å². The van der Waals surface area contributed by atoms with Gasteiger partial charge in [0, 0.05) is 48.0 Å². The quantitative estimate of drug-likeness (QED) is 0.231. The molecule has 3 aromatic heterocycles. The second-order valence-corrected chi connectivity index (χ2v) is 9.53. The molecule has 1 aliphatic carbocycles. The van der Waals surface area contributed by atoms with Crippen molar-refractivity contribution in [3.8, 4) is 12.1 Å². The van der Waals surface area contributed by atoms with E-state index in [-0.39, 0.29) is 27.5 Å². The summed E-state index contributed by atoms with van der Waals surface area (Å²) in [5.41, 5.74) is 8.35. The van der Waals surface area contributed by atoms with Crippen LogP contribution in [0, 0.1) is 34.4 Å². The summed E-state index contributed by atoms with van der Waals surface area (Å²) in [5.74, 6) is -2.41. The SMILES string of the molecule is [2H][C@](Nc1cc(Cl)c2ncc(C#N)c(Nc3cnc(F)c(F)c3)c2c1)(C1=CN(C2CC2)NN1)c1cncc(C#N)c1. The van der Waals surface area contributed by atoms with E-state index in [2.05, 4.69) is 42.6 Å². The average molecular weight is 558 g/mol. The van der Waals surface area contributed by atoms with Crippen LogP contribution in [0.25, 0.3) is 10.9 Å². The molecule has 1 aromatic carbocycles. The number of anilines is 3. The van der Waals surface area contributed by atoms with E-state index in [1.54, 1.807) is 24.4 Å². The fraction of sp³-hybridized carbons (Fsp3) is 0.148. The highest BCUT2D eigenvalue weighted by molar-refractivity contribution is 6.36. The standard InChI is InChI=1S/C27H19ClF2N10/c28-21-5-17(4-20-24(16(8-32)11-34-26(20)21)37-18-6-22(29)27(30)35-12-18)36-25(15-3-14(7-31)9-33-10-15)23-13-40(39-38-23)19-1-2-19/h3-6,9-13,19,25,36,38-39H,1-2H2,(H,34,37)/t25-/m1/s1/i25D. The average Bonchev–Trinajstić information content (AvgIpc) is 3.70. The van der Waals surface area contributed by atoms with E-state index in [4.69, 9.17) is 11.6 Å². The molecule has 1 fully saturated rings. The first kappa shape index (κ1) is 24.0. The molecule has 6 rings (SSSR count). The number of nitriles is 2. The molecule has 1 saturated carbocycles. The lowest BCUT2D eigenvalue weighted by Crippen LogP contribution is -2.38. The van der Waals surface area contributed by atoms with Crippen LogP contribution in [0.4, 0.5) is 25.8 Å². The zero-order valence-corrected chi connectivity index (χ0v) is 21.3. The van der Waals surface area contributed by atoms with E-state index in [0.717, 1.165) is 25.1 Å². The molecule has 198 valence electrons. The highest BCUT2D eigenvalue weighted by Crippen LogP contribution is 2.37. The maximum absolute atomic E-state index is 13.9. The van der Waals surface area contributed by atoms with Crippen LogP contribution in [0.1, 0.15) is 36.9 Å². The van der Waals surface area contributed by atoms with Crippen molar-refractivity contribution in [2.75, 3.05) is 10.6 Å². The summed E-state index contributed by atoms with van der Waals surface area (Å²) in [5, 5.41) is 27.8. The van der Waals surface area contributed by atoms with Crippen LogP contribution in [0.15, 0.2) is 60.9 Å². The first-order chi connectivity index (χ1) is 19.8. The Balaban J connectivity index is 1.47. The number of rotatable bonds is 7. The van der Waals surface area contributed by atoms with Crippen LogP contribution in [-0.4, -0.2) is 26.0 Å². The molecule has 13 heteroatoms. The monoisotopic (exact) mass is 557 g/mol. The highest BCUT2D eigenvalue weighted by Gasteiger charge is 2.32. The maximum Gasteiger partial charge on any atom is 0.249 e. The van der Waals surface area contributed by atoms with Gasteiger partial charge in [0.05, 0.1) is 52.3 Å². The van der Waals surface area contributed by atoms with Crippen LogP contribution in [0.2, 0.25) is 5.02 Å². The lowest BCUT2D eigenvalue weighted by atomic mass is 10.0. The zero-order valence-electron chi connectivity index (χ0n) is 21.5. The highest BCUT2D eigenvalue weighted by atomic mass is 35.5. The van der Waals surface area contributed by atoms with Crippen molar-refractivity contribution >= 4 is 39.6 Å². The van der Waals surface area contributed by atoms with E-state index < -0.39 is 17.8 Å². The number of hydrazine groups is 2. The zero-order chi connectivity index (χ0) is 28.7. The Morgan fingerprint density at radius 3 is 2.67 bits per heavy atom. The van der Waals surface area contributed by atoms with E-state index in [0.29, 0.717) is 33.9 Å². The van der Waals surface area contributed by atoms with E-state index in [1.807, 2.05) is 11.1 Å².